The molecular formula is C28H47NO3. The second kappa shape index (κ2) is 18.7. The summed E-state index contributed by atoms with van der Waals surface area (Å²) in [4.78, 5) is 27.7. The van der Waals surface area contributed by atoms with Gasteiger partial charge in [0.1, 0.15) is 0 Å². The van der Waals surface area contributed by atoms with Gasteiger partial charge in [-0.25, -0.2) is 4.79 Å². The summed E-state index contributed by atoms with van der Waals surface area (Å²) in [5.74, 6) is -0.296. The van der Waals surface area contributed by atoms with Crippen LogP contribution in [0.2, 0.25) is 0 Å². The Hall–Kier alpha value is -1.84. The molecule has 1 rings (SSSR count). The maximum absolute atomic E-state index is 13.3. The Balaban J connectivity index is 2.68. The van der Waals surface area contributed by atoms with E-state index < -0.39 is 0 Å². The highest BCUT2D eigenvalue weighted by Gasteiger charge is 2.17. The third-order valence-corrected chi connectivity index (χ3v) is 5.93. The molecule has 1 aromatic rings. The molecule has 0 heterocycles. The number of unbranched alkanes of at least 4 members (excludes halogenated alkanes) is 11. The lowest BCUT2D eigenvalue weighted by atomic mass is 10.1. The van der Waals surface area contributed by atoms with Crippen LogP contribution in [-0.4, -0.2) is 36.5 Å². The number of hydrogen-bond donors (Lipinski definition) is 0. The summed E-state index contributed by atoms with van der Waals surface area (Å²) < 4.78 is 5.41. The average Bonchev–Trinajstić information content (AvgIpc) is 2.82. The number of esters is 1. The van der Waals surface area contributed by atoms with Gasteiger partial charge >= 0.3 is 5.97 Å². The van der Waals surface area contributed by atoms with E-state index in [4.69, 9.17) is 4.74 Å². The van der Waals surface area contributed by atoms with Crippen molar-refractivity contribution in [3.63, 3.8) is 0 Å². The Labute approximate surface area is 197 Å². The van der Waals surface area contributed by atoms with Gasteiger partial charge in [0.25, 0.3) is 5.91 Å². The first-order valence-corrected chi connectivity index (χ1v) is 13.2. The molecule has 0 bridgehead atoms. The van der Waals surface area contributed by atoms with Crippen LogP contribution in [0.4, 0.5) is 0 Å². The van der Waals surface area contributed by atoms with Crippen LogP contribution >= 0.6 is 0 Å². The molecule has 0 aliphatic heterocycles. The molecule has 4 heteroatoms. The molecule has 0 unspecified atom stereocenters. The van der Waals surface area contributed by atoms with Gasteiger partial charge in [0.15, 0.2) is 0 Å². The van der Waals surface area contributed by atoms with E-state index >= 15 is 0 Å². The molecule has 32 heavy (non-hydrogen) atoms. The molecule has 1 amide bonds. The van der Waals surface area contributed by atoms with Crippen LogP contribution in [0.15, 0.2) is 24.3 Å². The quantitative estimate of drug-likeness (QED) is 0.161. The van der Waals surface area contributed by atoms with Crippen molar-refractivity contribution in [1.29, 1.82) is 0 Å². The lowest BCUT2D eigenvalue weighted by Gasteiger charge is -2.23. The number of carbonyl (C=O) groups excluding carboxylic acids is 2. The molecule has 0 saturated carbocycles. The minimum atomic E-state index is -0.332. The van der Waals surface area contributed by atoms with E-state index in [1.807, 2.05) is 11.0 Å². The minimum Gasteiger partial charge on any atom is -0.462 e. The van der Waals surface area contributed by atoms with E-state index in [1.54, 1.807) is 18.2 Å². The summed E-state index contributed by atoms with van der Waals surface area (Å²) in [6, 6.07) is 7.06. The van der Waals surface area contributed by atoms with Crippen LogP contribution in [0, 0.1) is 0 Å². The number of carbonyl (C=O) groups is 2. The van der Waals surface area contributed by atoms with Gasteiger partial charge in [0, 0.05) is 18.7 Å². The molecule has 182 valence electrons. The van der Waals surface area contributed by atoms with Crippen LogP contribution in [0.1, 0.15) is 131 Å². The van der Waals surface area contributed by atoms with E-state index in [2.05, 4.69) is 20.8 Å². The highest BCUT2D eigenvalue weighted by Crippen LogP contribution is 2.14. The van der Waals surface area contributed by atoms with Crippen LogP contribution in [0.3, 0.4) is 0 Å². The number of amides is 1. The molecule has 1 aromatic carbocycles. The van der Waals surface area contributed by atoms with E-state index in [-0.39, 0.29) is 11.9 Å². The third kappa shape index (κ3) is 12.3. The van der Waals surface area contributed by atoms with Crippen LogP contribution in [-0.2, 0) is 4.74 Å². The third-order valence-electron chi connectivity index (χ3n) is 5.93. The van der Waals surface area contributed by atoms with Gasteiger partial charge < -0.3 is 9.64 Å². The molecular weight excluding hydrogens is 398 g/mol. The van der Waals surface area contributed by atoms with Crippen molar-refractivity contribution < 1.29 is 14.3 Å². The summed E-state index contributed by atoms with van der Waals surface area (Å²) in [5, 5.41) is 0. The van der Waals surface area contributed by atoms with Crippen molar-refractivity contribution in [2.45, 2.75) is 111 Å². The van der Waals surface area contributed by atoms with Crippen molar-refractivity contribution in [3.05, 3.63) is 35.4 Å². The van der Waals surface area contributed by atoms with Gasteiger partial charge in [-0.2, -0.15) is 0 Å². The highest BCUT2D eigenvalue weighted by molar-refractivity contribution is 5.97. The zero-order valence-electron chi connectivity index (χ0n) is 21.0. The van der Waals surface area contributed by atoms with Crippen molar-refractivity contribution in [3.8, 4) is 0 Å². The van der Waals surface area contributed by atoms with Crippen LogP contribution < -0.4 is 0 Å². The summed E-state index contributed by atoms with van der Waals surface area (Å²) in [6.45, 7) is 8.63. The van der Waals surface area contributed by atoms with Crippen molar-refractivity contribution in [2.75, 3.05) is 19.7 Å². The van der Waals surface area contributed by atoms with Gasteiger partial charge in [0.05, 0.1) is 12.2 Å². The van der Waals surface area contributed by atoms with Crippen molar-refractivity contribution in [1.82, 2.24) is 4.90 Å². The lowest BCUT2D eigenvalue weighted by molar-refractivity contribution is 0.0498. The van der Waals surface area contributed by atoms with E-state index in [9.17, 15) is 9.59 Å². The molecule has 0 atom stereocenters. The molecule has 0 aromatic heterocycles. The van der Waals surface area contributed by atoms with Crippen LogP contribution in [0.5, 0.6) is 0 Å². The first-order valence-electron chi connectivity index (χ1n) is 13.2. The topological polar surface area (TPSA) is 46.6 Å². The fourth-order valence-corrected chi connectivity index (χ4v) is 3.87. The van der Waals surface area contributed by atoms with E-state index in [1.165, 1.54) is 38.5 Å². The summed E-state index contributed by atoms with van der Waals surface area (Å²) in [7, 11) is 0. The number of benzene rings is 1. The first-order chi connectivity index (χ1) is 15.6. The maximum atomic E-state index is 13.3. The summed E-state index contributed by atoms with van der Waals surface area (Å²) in [5.41, 5.74) is 1.06. The monoisotopic (exact) mass is 445 g/mol. The maximum Gasteiger partial charge on any atom is 0.338 e. The zero-order chi connectivity index (χ0) is 23.4. The van der Waals surface area contributed by atoms with Crippen LogP contribution in [0.25, 0.3) is 0 Å². The summed E-state index contributed by atoms with van der Waals surface area (Å²) in [6.07, 6.45) is 16.1. The average molecular weight is 446 g/mol. The largest absolute Gasteiger partial charge is 0.462 e. The van der Waals surface area contributed by atoms with Crippen molar-refractivity contribution in [2.24, 2.45) is 0 Å². The number of nitrogens with zero attached hydrogens (tertiary/aromatic N) is 1. The first kappa shape index (κ1) is 28.2. The predicted octanol–water partition coefficient (Wildman–Crippen LogP) is 7.81. The van der Waals surface area contributed by atoms with E-state index in [0.717, 1.165) is 64.5 Å². The van der Waals surface area contributed by atoms with Crippen molar-refractivity contribution >= 4 is 11.9 Å². The Kier molecular flexibility index (Phi) is 16.5. The fourth-order valence-electron chi connectivity index (χ4n) is 3.87. The molecule has 0 radical (unpaired) electrons. The molecule has 0 fully saturated rings. The summed E-state index contributed by atoms with van der Waals surface area (Å²) >= 11 is 0. The fraction of sp³-hybridized carbons (Fsp3) is 0.714. The number of ether oxygens (including phenoxy) is 1. The predicted molar refractivity (Wildman–Crippen MR) is 134 cm³/mol. The second-order valence-electron chi connectivity index (χ2n) is 8.90. The minimum absolute atomic E-state index is 0.0357. The Bertz CT molecular complexity index is 615. The normalized spacial score (nSPS) is 10.8. The Morgan fingerprint density at radius 1 is 0.688 bits per heavy atom. The lowest BCUT2D eigenvalue weighted by Crippen LogP contribution is -2.33. The van der Waals surface area contributed by atoms with Gasteiger partial charge in [-0.3, -0.25) is 4.79 Å². The van der Waals surface area contributed by atoms with E-state index in [0.29, 0.717) is 17.7 Å². The SMILES string of the molecule is CCCCCCCN(CCCCCCC)C(=O)c1cccc(C(=O)OCCCCCC)c1. The Morgan fingerprint density at radius 2 is 1.19 bits per heavy atom. The number of rotatable bonds is 19. The molecule has 4 nitrogen and oxygen atoms in total. The van der Waals surface area contributed by atoms with Gasteiger partial charge in [-0.05, 0) is 37.5 Å². The zero-order valence-corrected chi connectivity index (χ0v) is 21.0. The Morgan fingerprint density at radius 3 is 1.75 bits per heavy atom. The molecule has 0 spiro atoms. The van der Waals surface area contributed by atoms with Gasteiger partial charge in [-0.15, -0.1) is 0 Å². The van der Waals surface area contributed by atoms with Gasteiger partial charge in [-0.1, -0.05) is 97.5 Å². The smallest absolute Gasteiger partial charge is 0.338 e. The molecule has 0 aliphatic rings. The molecule has 0 aliphatic carbocycles. The van der Waals surface area contributed by atoms with Gasteiger partial charge in [0.2, 0.25) is 0 Å². The standard InChI is InChI=1S/C28H47NO3/c1-4-7-10-13-15-21-29(22-16-14-11-8-5-2)27(30)25-19-18-20-26(24-25)28(31)32-23-17-12-9-6-3/h18-20,24H,4-17,21-23H2,1-3H3. The second-order valence-corrected chi connectivity index (χ2v) is 8.90. The number of hydrogen-bond acceptors (Lipinski definition) is 3. The highest BCUT2D eigenvalue weighted by atomic mass is 16.5. The molecule has 0 saturated heterocycles. The molecule has 0 N–H and O–H groups in total.